The number of ether oxygens (including phenoxy) is 1. The Morgan fingerprint density at radius 3 is 2.65 bits per heavy atom. The van der Waals surface area contributed by atoms with Crippen LogP contribution in [0, 0.1) is 6.92 Å². The highest BCUT2D eigenvalue weighted by Gasteiger charge is 2.10. The molecule has 134 valence electrons. The standard InChI is InChI=1S/C20H20N2O2S2/c1-13-10-15(6-9-18(13)24-2)17-12-26-20(21-17)22-19(23)11-14-4-7-16(25-3)8-5-14/h4-10,12H,11H2,1-3H3,(H,21,22,23). The van der Waals surface area contributed by atoms with E-state index in [0.29, 0.717) is 11.6 Å². The molecule has 2 aromatic carbocycles. The highest BCUT2D eigenvalue weighted by molar-refractivity contribution is 7.98. The maximum absolute atomic E-state index is 12.3. The molecule has 1 aromatic heterocycles. The Kier molecular flexibility index (Phi) is 5.96. The molecule has 0 aliphatic carbocycles. The SMILES string of the molecule is COc1ccc(-c2csc(NC(=O)Cc3ccc(SC)cc3)n2)cc1C. The summed E-state index contributed by atoms with van der Waals surface area (Å²) < 4.78 is 5.29. The van der Waals surface area contributed by atoms with Gasteiger partial charge in [0.25, 0.3) is 0 Å². The molecule has 0 saturated carbocycles. The van der Waals surface area contributed by atoms with Gasteiger partial charge in [0.2, 0.25) is 5.91 Å². The van der Waals surface area contributed by atoms with Crippen molar-refractivity contribution in [3.8, 4) is 17.0 Å². The summed E-state index contributed by atoms with van der Waals surface area (Å²) in [6.07, 6.45) is 2.37. The first-order valence-corrected chi connectivity index (χ1v) is 10.2. The monoisotopic (exact) mass is 384 g/mol. The van der Waals surface area contributed by atoms with Crippen molar-refractivity contribution >= 4 is 34.1 Å². The average Bonchev–Trinajstić information content (AvgIpc) is 3.10. The van der Waals surface area contributed by atoms with Gasteiger partial charge in [-0.1, -0.05) is 12.1 Å². The Hall–Kier alpha value is -2.31. The smallest absolute Gasteiger partial charge is 0.230 e. The van der Waals surface area contributed by atoms with E-state index in [9.17, 15) is 4.79 Å². The van der Waals surface area contributed by atoms with Gasteiger partial charge in [-0.05, 0) is 54.6 Å². The number of rotatable bonds is 6. The molecule has 0 spiro atoms. The minimum atomic E-state index is -0.0614. The Morgan fingerprint density at radius 1 is 1.23 bits per heavy atom. The molecule has 0 radical (unpaired) electrons. The summed E-state index contributed by atoms with van der Waals surface area (Å²) in [7, 11) is 1.66. The number of hydrogen-bond donors (Lipinski definition) is 1. The fraction of sp³-hybridized carbons (Fsp3) is 0.200. The quantitative estimate of drug-likeness (QED) is 0.606. The number of benzene rings is 2. The van der Waals surface area contributed by atoms with Crippen LogP contribution in [0.4, 0.5) is 5.13 Å². The molecule has 0 fully saturated rings. The summed E-state index contributed by atoms with van der Waals surface area (Å²) in [5.41, 5.74) is 3.90. The lowest BCUT2D eigenvalue weighted by Crippen LogP contribution is -2.14. The zero-order valence-corrected chi connectivity index (χ0v) is 16.5. The molecule has 0 unspecified atom stereocenters. The number of aromatic nitrogens is 1. The van der Waals surface area contributed by atoms with Crippen molar-refractivity contribution < 1.29 is 9.53 Å². The lowest BCUT2D eigenvalue weighted by atomic mass is 10.1. The van der Waals surface area contributed by atoms with Crippen molar-refractivity contribution in [2.24, 2.45) is 0 Å². The molecular weight excluding hydrogens is 364 g/mol. The van der Waals surface area contributed by atoms with Crippen molar-refractivity contribution in [2.45, 2.75) is 18.2 Å². The number of methoxy groups -OCH3 is 1. The molecule has 26 heavy (non-hydrogen) atoms. The molecule has 1 N–H and O–H groups in total. The minimum absolute atomic E-state index is 0.0614. The van der Waals surface area contributed by atoms with Gasteiger partial charge in [0.05, 0.1) is 19.2 Å². The van der Waals surface area contributed by atoms with E-state index in [2.05, 4.69) is 10.3 Å². The van der Waals surface area contributed by atoms with Crippen LogP contribution >= 0.6 is 23.1 Å². The number of hydrogen-bond acceptors (Lipinski definition) is 5. The molecule has 3 aromatic rings. The van der Waals surface area contributed by atoms with Crippen LogP contribution in [0.5, 0.6) is 5.75 Å². The zero-order chi connectivity index (χ0) is 18.5. The summed E-state index contributed by atoms with van der Waals surface area (Å²) in [4.78, 5) is 18.0. The van der Waals surface area contributed by atoms with E-state index < -0.39 is 0 Å². The second kappa shape index (κ2) is 8.38. The van der Waals surface area contributed by atoms with Gasteiger partial charge < -0.3 is 10.1 Å². The summed E-state index contributed by atoms with van der Waals surface area (Å²) in [6.45, 7) is 2.00. The van der Waals surface area contributed by atoms with E-state index in [1.807, 2.05) is 61.0 Å². The highest BCUT2D eigenvalue weighted by atomic mass is 32.2. The maximum atomic E-state index is 12.3. The Balaban J connectivity index is 1.65. The van der Waals surface area contributed by atoms with Gasteiger partial charge >= 0.3 is 0 Å². The van der Waals surface area contributed by atoms with E-state index in [0.717, 1.165) is 28.1 Å². The molecule has 1 heterocycles. The molecule has 6 heteroatoms. The van der Waals surface area contributed by atoms with Gasteiger partial charge in [-0.2, -0.15) is 0 Å². The Bertz CT molecular complexity index is 904. The van der Waals surface area contributed by atoms with E-state index in [1.165, 1.54) is 16.2 Å². The first kappa shape index (κ1) is 18.5. The second-order valence-corrected chi connectivity index (χ2v) is 7.53. The topological polar surface area (TPSA) is 51.2 Å². The third-order valence-corrected chi connectivity index (χ3v) is 5.47. The van der Waals surface area contributed by atoms with Crippen LogP contribution in [-0.2, 0) is 11.2 Å². The number of carbonyl (C=O) groups excluding carboxylic acids is 1. The van der Waals surface area contributed by atoms with Crippen LogP contribution < -0.4 is 10.1 Å². The number of carbonyl (C=O) groups is 1. The third-order valence-electron chi connectivity index (χ3n) is 3.96. The van der Waals surface area contributed by atoms with E-state index in [1.54, 1.807) is 18.9 Å². The second-order valence-electron chi connectivity index (χ2n) is 5.80. The normalized spacial score (nSPS) is 10.6. The van der Waals surface area contributed by atoms with E-state index >= 15 is 0 Å². The molecule has 0 atom stereocenters. The first-order chi connectivity index (χ1) is 12.6. The number of nitrogens with one attached hydrogen (secondary N) is 1. The molecule has 0 saturated heterocycles. The third kappa shape index (κ3) is 4.45. The Morgan fingerprint density at radius 2 is 2.00 bits per heavy atom. The number of aryl methyl sites for hydroxylation is 1. The molecule has 0 aliphatic rings. The van der Waals surface area contributed by atoms with Crippen molar-refractivity contribution in [3.05, 3.63) is 59.0 Å². The predicted molar refractivity (Wildman–Crippen MR) is 109 cm³/mol. The number of nitrogens with zero attached hydrogens (tertiary/aromatic N) is 1. The van der Waals surface area contributed by atoms with Gasteiger partial charge in [0, 0.05) is 15.8 Å². The lowest BCUT2D eigenvalue weighted by Gasteiger charge is -2.05. The molecule has 4 nitrogen and oxygen atoms in total. The molecular formula is C20H20N2O2S2. The first-order valence-electron chi connectivity index (χ1n) is 8.12. The van der Waals surface area contributed by atoms with Crippen LogP contribution in [0.15, 0.2) is 52.7 Å². The summed E-state index contributed by atoms with van der Waals surface area (Å²) in [5, 5.41) is 5.44. The number of thioether (sulfide) groups is 1. The fourth-order valence-corrected chi connectivity index (χ4v) is 3.74. The highest BCUT2D eigenvalue weighted by Crippen LogP contribution is 2.28. The van der Waals surface area contributed by atoms with Gasteiger partial charge in [0.15, 0.2) is 5.13 Å². The van der Waals surface area contributed by atoms with Crippen molar-refractivity contribution in [3.63, 3.8) is 0 Å². The van der Waals surface area contributed by atoms with Gasteiger partial charge in [-0.3, -0.25) is 4.79 Å². The molecule has 1 amide bonds. The number of anilines is 1. The number of amides is 1. The van der Waals surface area contributed by atoms with Crippen LogP contribution in [0.3, 0.4) is 0 Å². The summed E-state index contributed by atoms with van der Waals surface area (Å²) >= 11 is 3.11. The maximum Gasteiger partial charge on any atom is 0.230 e. The minimum Gasteiger partial charge on any atom is -0.496 e. The van der Waals surface area contributed by atoms with Crippen LogP contribution in [0.1, 0.15) is 11.1 Å². The van der Waals surface area contributed by atoms with Crippen molar-refractivity contribution in [1.82, 2.24) is 4.98 Å². The van der Waals surface area contributed by atoms with E-state index in [4.69, 9.17) is 4.74 Å². The molecule has 0 aliphatic heterocycles. The summed E-state index contributed by atoms with van der Waals surface area (Å²) in [5.74, 6) is 0.790. The lowest BCUT2D eigenvalue weighted by molar-refractivity contribution is -0.115. The van der Waals surface area contributed by atoms with Gasteiger partial charge in [0.1, 0.15) is 5.75 Å². The van der Waals surface area contributed by atoms with Gasteiger partial charge in [-0.15, -0.1) is 23.1 Å². The van der Waals surface area contributed by atoms with Crippen LogP contribution in [-0.4, -0.2) is 24.3 Å². The Labute approximate surface area is 161 Å². The van der Waals surface area contributed by atoms with E-state index in [-0.39, 0.29) is 5.91 Å². The predicted octanol–water partition coefficient (Wildman–Crippen LogP) is 5.03. The molecule has 3 rings (SSSR count). The molecule has 0 bridgehead atoms. The van der Waals surface area contributed by atoms with Crippen molar-refractivity contribution in [2.75, 3.05) is 18.7 Å². The number of thiazole rings is 1. The fourth-order valence-electron chi connectivity index (χ4n) is 2.59. The van der Waals surface area contributed by atoms with Crippen LogP contribution in [0.25, 0.3) is 11.3 Å². The average molecular weight is 385 g/mol. The van der Waals surface area contributed by atoms with Crippen molar-refractivity contribution in [1.29, 1.82) is 0 Å². The largest absolute Gasteiger partial charge is 0.496 e. The summed E-state index contributed by atoms with van der Waals surface area (Å²) in [6, 6.07) is 14.0. The van der Waals surface area contributed by atoms with Crippen LogP contribution in [0.2, 0.25) is 0 Å². The van der Waals surface area contributed by atoms with Gasteiger partial charge in [-0.25, -0.2) is 4.98 Å². The zero-order valence-electron chi connectivity index (χ0n) is 14.9.